The number of morpholine rings is 1. The molecule has 0 radical (unpaired) electrons. The molecule has 1 aromatic heterocycles. The fraction of sp³-hybridized carbons (Fsp3) is 0.647. The normalized spacial score (nSPS) is 22.0. The summed E-state index contributed by atoms with van der Waals surface area (Å²) in [5.74, 6) is -1.39. The van der Waals surface area contributed by atoms with Crippen LogP contribution in [0, 0.1) is 0 Å². The van der Waals surface area contributed by atoms with Crippen LogP contribution in [-0.2, 0) is 26.6 Å². The lowest BCUT2D eigenvalue weighted by Gasteiger charge is -2.34. The Morgan fingerprint density at radius 3 is 2.59 bits per heavy atom. The molecule has 2 fully saturated rings. The minimum atomic E-state index is -3.64. The second kappa shape index (κ2) is 7.99. The molecular formula is C17H25N3O6S. The van der Waals surface area contributed by atoms with Gasteiger partial charge in [-0.3, -0.25) is 9.59 Å². The highest BCUT2D eigenvalue weighted by molar-refractivity contribution is 7.89. The summed E-state index contributed by atoms with van der Waals surface area (Å²) in [5.41, 5.74) is 0.225. The molecule has 1 amide bonds. The van der Waals surface area contributed by atoms with Crippen LogP contribution in [0.15, 0.2) is 17.2 Å². The fourth-order valence-corrected chi connectivity index (χ4v) is 5.17. The molecule has 1 unspecified atom stereocenters. The molecule has 0 aromatic carbocycles. The average molecular weight is 399 g/mol. The first-order valence-electron chi connectivity index (χ1n) is 9.07. The van der Waals surface area contributed by atoms with Gasteiger partial charge in [-0.2, -0.15) is 4.31 Å². The van der Waals surface area contributed by atoms with E-state index in [1.807, 2.05) is 0 Å². The number of aliphatic carboxylic acids is 1. The van der Waals surface area contributed by atoms with Crippen LogP contribution >= 0.6 is 0 Å². The zero-order valence-electron chi connectivity index (χ0n) is 15.3. The summed E-state index contributed by atoms with van der Waals surface area (Å²) in [4.78, 5) is 25.6. The van der Waals surface area contributed by atoms with E-state index in [2.05, 4.69) is 0 Å². The molecule has 1 atom stereocenters. The summed E-state index contributed by atoms with van der Waals surface area (Å²) >= 11 is 0. The van der Waals surface area contributed by atoms with Crippen molar-refractivity contribution in [2.75, 3.05) is 32.8 Å². The Labute approximate surface area is 158 Å². The summed E-state index contributed by atoms with van der Waals surface area (Å²) in [6.45, 7) is 1.73. The molecule has 3 rings (SSSR count). The van der Waals surface area contributed by atoms with Crippen LogP contribution in [-0.4, -0.2) is 78.1 Å². The van der Waals surface area contributed by atoms with Crippen molar-refractivity contribution in [3.05, 3.63) is 18.0 Å². The Hall–Kier alpha value is -1.91. The molecule has 0 aliphatic carbocycles. The van der Waals surface area contributed by atoms with Gasteiger partial charge in [0.2, 0.25) is 10.0 Å². The third kappa shape index (κ3) is 4.17. The number of aryl methyl sites for hydroxylation is 1. The highest BCUT2D eigenvalue weighted by Gasteiger charge is 2.33. The van der Waals surface area contributed by atoms with Crippen LogP contribution in [0.4, 0.5) is 0 Å². The SMILES string of the molecule is Cn1cc(S(=O)(=O)N2CCCCC2)cc1C(=O)N1CCOCC1CC(=O)O. The summed E-state index contributed by atoms with van der Waals surface area (Å²) < 4.78 is 34.0. The number of aromatic nitrogens is 1. The Morgan fingerprint density at radius 2 is 1.93 bits per heavy atom. The zero-order valence-corrected chi connectivity index (χ0v) is 16.2. The molecule has 9 nitrogen and oxygen atoms in total. The zero-order chi connectivity index (χ0) is 19.6. The van der Waals surface area contributed by atoms with Crippen molar-refractivity contribution in [3.8, 4) is 0 Å². The topological polar surface area (TPSA) is 109 Å². The van der Waals surface area contributed by atoms with E-state index in [0.29, 0.717) is 19.7 Å². The first-order chi connectivity index (χ1) is 12.8. The lowest BCUT2D eigenvalue weighted by atomic mass is 10.1. The third-order valence-corrected chi connectivity index (χ3v) is 6.91. The second-order valence-electron chi connectivity index (χ2n) is 6.96. The monoisotopic (exact) mass is 399 g/mol. The minimum Gasteiger partial charge on any atom is -0.481 e. The van der Waals surface area contributed by atoms with E-state index in [-0.39, 0.29) is 36.1 Å². The number of sulfonamides is 1. The van der Waals surface area contributed by atoms with E-state index < -0.39 is 22.0 Å². The molecule has 1 aromatic rings. The van der Waals surface area contributed by atoms with E-state index >= 15 is 0 Å². The highest BCUT2D eigenvalue weighted by Crippen LogP contribution is 2.24. The average Bonchev–Trinajstić information content (AvgIpc) is 3.04. The third-order valence-electron chi connectivity index (χ3n) is 5.05. The van der Waals surface area contributed by atoms with Crippen molar-refractivity contribution in [1.29, 1.82) is 0 Å². The van der Waals surface area contributed by atoms with Gasteiger partial charge in [-0.1, -0.05) is 6.42 Å². The second-order valence-corrected chi connectivity index (χ2v) is 8.90. The van der Waals surface area contributed by atoms with Crippen molar-refractivity contribution in [2.45, 2.75) is 36.6 Å². The number of hydrogen-bond donors (Lipinski definition) is 1. The molecule has 150 valence electrons. The van der Waals surface area contributed by atoms with Gasteiger partial charge in [0.15, 0.2) is 0 Å². The van der Waals surface area contributed by atoms with Crippen LogP contribution in [0.5, 0.6) is 0 Å². The molecule has 27 heavy (non-hydrogen) atoms. The number of carbonyl (C=O) groups is 2. The van der Waals surface area contributed by atoms with Crippen molar-refractivity contribution < 1.29 is 27.9 Å². The predicted octanol–water partition coefficient (Wildman–Crippen LogP) is 0.515. The number of nitrogens with zero attached hydrogens (tertiary/aromatic N) is 3. The Bertz CT molecular complexity index is 813. The molecule has 0 bridgehead atoms. The van der Waals surface area contributed by atoms with Gasteiger partial charge in [-0.25, -0.2) is 8.42 Å². The number of hydrogen-bond acceptors (Lipinski definition) is 5. The van der Waals surface area contributed by atoms with E-state index in [9.17, 15) is 18.0 Å². The van der Waals surface area contributed by atoms with Gasteiger partial charge in [0.25, 0.3) is 5.91 Å². The van der Waals surface area contributed by atoms with Crippen LogP contribution in [0.2, 0.25) is 0 Å². The molecule has 0 spiro atoms. The van der Waals surface area contributed by atoms with Crippen LogP contribution in [0.1, 0.15) is 36.2 Å². The van der Waals surface area contributed by atoms with Gasteiger partial charge in [-0.15, -0.1) is 0 Å². The lowest BCUT2D eigenvalue weighted by Crippen LogP contribution is -2.49. The number of ether oxygens (including phenoxy) is 1. The molecule has 10 heteroatoms. The van der Waals surface area contributed by atoms with Gasteiger partial charge in [0, 0.05) is 32.9 Å². The molecule has 3 heterocycles. The largest absolute Gasteiger partial charge is 0.481 e. The molecule has 2 aliphatic rings. The maximum absolute atomic E-state index is 13.0. The minimum absolute atomic E-state index is 0.0956. The number of carboxylic acid groups (broad SMARTS) is 1. The van der Waals surface area contributed by atoms with E-state index in [0.717, 1.165) is 19.3 Å². The molecular weight excluding hydrogens is 374 g/mol. The van der Waals surface area contributed by atoms with Gasteiger partial charge in [0.05, 0.1) is 25.7 Å². The maximum atomic E-state index is 13.0. The number of rotatable bonds is 5. The van der Waals surface area contributed by atoms with Crippen LogP contribution in [0.25, 0.3) is 0 Å². The Balaban J connectivity index is 1.84. The number of piperidine rings is 1. The van der Waals surface area contributed by atoms with Crippen molar-refractivity contribution in [1.82, 2.24) is 13.8 Å². The van der Waals surface area contributed by atoms with E-state index in [4.69, 9.17) is 9.84 Å². The van der Waals surface area contributed by atoms with Gasteiger partial charge < -0.3 is 19.3 Å². The summed E-state index contributed by atoms with van der Waals surface area (Å²) in [7, 11) is -2.02. The first kappa shape index (κ1) is 19.8. The number of carboxylic acids is 1. The summed E-state index contributed by atoms with van der Waals surface area (Å²) in [6.07, 6.45) is 3.93. The van der Waals surface area contributed by atoms with Crippen molar-refractivity contribution in [3.63, 3.8) is 0 Å². The smallest absolute Gasteiger partial charge is 0.305 e. The molecule has 1 N–H and O–H groups in total. The lowest BCUT2D eigenvalue weighted by molar-refractivity contribution is -0.139. The van der Waals surface area contributed by atoms with Crippen molar-refractivity contribution >= 4 is 21.9 Å². The molecule has 2 saturated heterocycles. The highest BCUT2D eigenvalue weighted by atomic mass is 32.2. The quantitative estimate of drug-likeness (QED) is 0.773. The summed E-state index contributed by atoms with van der Waals surface area (Å²) in [6, 6.07) is 0.820. The van der Waals surface area contributed by atoms with Crippen LogP contribution in [0.3, 0.4) is 0 Å². The summed E-state index contributed by atoms with van der Waals surface area (Å²) in [5, 5.41) is 9.06. The number of carbonyl (C=O) groups excluding carboxylic acids is 1. The van der Waals surface area contributed by atoms with Gasteiger partial charge >= 0.3 is 5.97 Å². The molecule has 2 aliphatic heterocycles. The van der Waals surface area contributed by atoms with Gasteiger partial charge in [-0.05, 0) is 18.9 Å². The maximum Gasteiger partial charge on any atom is 0.305 e. The number of amides is 1. The first-order valence-corrected chi connectivity index (χ1v) is 10.5. The van der Waals surface area contributed by atoms with Crippen LogP contribution < -0.4 is 0 Å². The van der Waals surface area contributed by atoms with E-state index in [1.165, 1.54) is 26.0 Å². The Kier molecular flexibility index (Phi) is 5.87. The van der Waals surface area contributed by atoms with E-state index in [1.54, 1.807) is 7.05 Å². The van der Waals surface area contributed by atoms with Gasteiger partial charge in [0.1, 0.15) is 10.6 Å². The standard InChI is InChI=1S/C17H25N3O6S/c1-18-11-14(27(24,25)19-5-3-2-4-6-19)10-15(18)17(23)20-7-8-26-12-13(20)9-16(21)22/h10-11,13H,2-9,12H2,1H3,(H,21,22). The predicted molar refractivity (Wildman–Crippen MR) is 95.9 cm³/mol. The Morgan fingerprint density at radius 1 is 1.22 bits per heavy atom. The molecule has 0 saturated carbocycles. The van der Waals surface area contributed by atoms with Crippen molar-refractivity contribution in [2.24, 2.45) is 7.05 Å². The fourth-order valence-electron chi connectivity index (χ4n) is 3.58.